The number of likely N-dealkylation sites (N-methyl/N-ethyl adjacent to an activating group) is 1. The lowest BCUT2D eigenvalue weighted by molar-refractivity contribution is -0.134. The van der Waals surface area contributed by atoms with Gasteiger partial charge in [-0.1, -0.05) is 30.3 Å². The Morgan fingerprint density at radius 1 is 1.30 bits per heavy atom. The number of nitrogens with one attached hydrogen (secondary N) is 1. The number of nitrogens with zero attached hydrogens (tertiary/aromatic N) is 4. The summed E-state index contributed by atoms with van der Waals surface area (Å²) in [5, 5.41) is 6.57. The van der Waals surface area contributed by atoms with Gasteiger partial charge in [0, 0.05) is 13.1 Å². The number of carbonyl (C=O) groups is 2. The molecule has 0 unspecified atom stereocenters. The Morgan fingerprint density at radius 3 is 2.65 bits per heavy atom. The highest BCUT2D eigenvalue weighted by molar-refractivity contribution is 5.86. The second kappa shape index (κ2) is 8.07. The van der Waals surface area contributed by atoms with Gasteiger partial charge < -0.3 is 10.2 Å². The maximum atomic E-state index is 12.3. The van der Waals surface area contributed by atoms with Crippen molar-refractivity contribution in [3.8, 4) is 0 Å². The van der Waals surface area contributed by atoms with Crippen molar-refractivity contribution in [2.45, 2.75) is 26.4 Å². The molecule has 7 nitrogen and oxygen atoms in total. The zero-order valence-electron chi connectivity index (χ0n) is 13.3. The normalized spacial score (nSPS) is 11.7. The average molecular weight is 315 g/mol. The van der Waals surface area contributed by atoms with Crippen molar-refractivity contribution in [3.05, 3.63) is 48.5 Å². The molecule has 0 saturated heterocycles. The largest absolute Gasteiger partial charge is 0.345 e. The smallest absolute Gasteiger partial charge is 0.245 e. The zero-order valence-corrected chi connectivity index (χ0v) is 13.3. The number of rotatable bonds is 7. The van der Waals surface area contributed by atoms with E-state index in [1.54, 1.807) is 11.8 Å². The molecule has 1 atom stereocenters. The van der Waals surface area contributed by atoms with E-state index in [1.165, 1.54) is 17.3 Å². The fourth-order valence-corrected chi connectivity index (χ4v) is 2.14. The van der Waals surface area contributed by atoms with Crippen LogP contribution in [0.3, 0.4) is 0 Å². The summed E-state index contributed by atoms with van der Waals surface area (Å²) < 4.78 is 1.45. The molecule has 23 heavy (non-hydrogen) atoms. The highest BCUT2D eigenvalue weighted by Crippen LogP contribution is 2.05. The molecular weight excluding hydrogens is 294 g/mol. The fourth-order valence-electron chi connectivity index (χ4n) is 2.14. The Hall–Kier alpha value is -2.70. The van der Waals surface area contributed by atoms with Gasteiger partial charge in [0.15, 0.2) is 0 Å². The molecule has 122 valence electrons. The van der Waals surface area contributed by atoms with E-state index < -0.39 is 6.04 Å². The monoisotopic (exact) mass is 315 g/mol. The summed E-state index contributed by atoms with van der Waals surface area (Å²) in [4.78, 5) is 29.8. The van der Waals surface area contributed by atoms with Gasteiger partial charge >= 0.3 is 0 Å². The molecule has 0 aliphatic heterocycles. The third kappa shape index (κ3) is 4.64. The number of carbonyl (C=O) groups excluding carboxylic acids is 2. The number of hydrogen-bond donors (Lipinski definition) is 1. The minimum atomic E-state index is -0.505. The van der Waals surface area contributed by atoms with Gasteiger partial charge in [0.1, 0.15) is 18.7 Å². The molecule has 7 heteroatoms. The van der Waals surface area contributed by atoms with Gasteiger partial charge in [0.25, 0.3) is 0 Å². The Labute approximate surface area is 135 Å². The molecule has 1 aromatic heterocycles. The SMILES string of the molecule is CCN(Cc1ccccc1)C(=O)CNC(=O)[C@@H](C)n1cncn1. The molecule has 0 fully saturated rings. The maximum Gasteiger partial charge on any atom is 0.245 e. The predicted octanol–water partition coefficient (Wildman–Crippen LogP) is 1.00. The Morgan fingerprint density at radius 2 is 2.04 bits per heavy atom. The van der Waals surface area contributed by atoms with Gasteiger partial charge in [0.05, 0.1) is 6.54 Å². The number of amides is 2. The van der Waals surface area contributed by atoms with Gasteiger partial charge in [0.2, 0.25) is 11.8 Å². The minimum absolute atomic E-state index is 0.0292. The van der Waals surface area contributed by atoms with Crippen molar-refractivity contribution in [1.82, 2.24) is 25.0 Å². The number of benzene rings is 1. The number of aromatic nitrogens is 3. The molecule has 1 aromatic carbocycles. The van der Waals surface area contributed by atoms with Gasteiger partial charge in [-0.3, -0.25) is 9.59 Å². The van der Waals surface area contributed by atoms with Crippen molar-refractivity contribution in [2.24, 2.45) is 0 Å². The van der Waals surface area contributed by atoms with E-state index in [2.05, 4.69) is 15.4 Å². The van der Waals surface area contributed by atoms with Crippen LogP contribution in [0.25, 0.3) is 0 Å². The first-order valence-corrected chi connectivity index (χ1v) is 7.55. The first-order chi connectivity index (χ1) is 11.1. The van der Waals surface area contributed by atoms with Crippen LogP contribution in [-0.4, -0.2) is 44.6 Å². The van der Waals surface area contributed by atoms with Crippen LogP contribution in [-0.2, 0) is 16.1 Å². The average Bonchev–Trinajstić information content (AvgIpc) is 3.12. The van der Waals surface area contributed by atoms with Gasteiger partial charge in [-0.25, -0.2) is 9.67 Å². The molecule has 0 bridgehead atoms. The molecule has 0 saturated carbocycles. The quantitative estimate of drug-likeness (QED) is 0.827. The lowest BCUT2D eigenvalue weighted by Crippen LogP contribution is -2.41. The van der Waals surface area contributed by atoms with Crippen LogP contribution in [0.1, 0.15) is 25.5 Å². The first-order valence-electron chi connectivity index (χ1n) is 7.55. The molecular formula is C16H21N5O2. The first kappa shape index (κ1) is 16.7. The summed E-state index contributed by atoms with van der Waals surface area (Å²) in [6.45, 7) is 4.71. The second-order valence-electron chi connectivity index (χ2n) is 5.16. The van der Waals surface area contributed by atoms with Crippen molar-refractivity contribution < 1.29 is 9.59 Å². The van der Waals surface area contributed by atoms with Crippen LogP contribution in [0.15, 0.2) is 43.0 Å². The van der Waals surface area contributed by atoms with Gasteiger partial charge in [-0.15, -0.1) is 0 Å². The van der Waals surface area contributed by atoms with Crippen LogP contribution in [0.5, 0.6) is 0 Å². The summed E-state index contributed by atoms with van der Waals surface area (Å²) in [6, 6.07) is 9.26. The second-order valence-corrected chi connectivity index (χ2v) is 5.16. The highest BCUT2D eigenvalue weighted by atomic mass is 16.2. The van der Waals surface area contributed by atoms with Crippen LogP contribution < -0.4 is 5.32 Å². The van der Waals surface area contributed by atoms with Gasteiger partial charge in [-0.05, 0) is 19.4 Å². The topological polar surface area (TPSA) is 80.1 Å². The van der Waals surface area contributed by atoms with Crippen molar-refractivity contribution >= 4 is 11.8 Å². The molecule has 2 rings (SSSR count). The van der Waals surface area contributed by atoms with E-state index in [9.17, 15) is 9.59 Å². The molecule has 0 aliphatic carbocycles. The molecule has 1 N–H and O–H groups in total. The maximum absolute atomic E-state index is 12.3. The van der Waals surface area contributed by atoms with Crippen LogP contribution >= 0.6 is 0 Å². The van der Waals surface area contributed by atoms with Crippen molar-refractivity contribution in [3.63, 3.8) is 0 Å². The van der Waals surface area contributed by atoms with E-state index in [0.29, 0.717) is 13.1 Å². The van der Waals surface area contributed by atoms with E-state index >= 15 is 0 Å². The van der Waals surface area contributed by atoms with E-state index in [-0.39, 0.29) is 18.4 Å². The third-order valence-corrected chi connectivity index (χ3v) is 3.58. The molecule has 0 spiro atoms. The fraction of sp³-hybridized carbons (Fsp3) is 0.375. The van der Waals surface area contributed by atoms with E-state index in [0.717, 1.165) is 5.56 Å². The van der Waals surface area contributed by atoms with Crippen LogP contribution in [0, 0.1) is 0 Å². The third-order valence-electron chi connectivity index (χ3n) is 3.58. The summed E-state index contributed by atoms with van der Waals surface area (Å²) in [6.07, 6.45) is 2.84. The van der Waals surface area contributed by atoms with E-state index in [1.807, 2.05) is 37.3 Å². The number of hydrogen-bond acceptors (Lipinski definition) is 4. The van der Waals surface area contributed by atoms with Crippen molar-refractivity contribution in [2.75, 3.05) is 13.1 Å². The lowest BCUT2D eigenvalue weighted by atomic mass is 10.2. The van der Waals surface area contributed by atoms with E-state index in [4.69, 9.17) is 0 Å². The standard InChI is InChI=1S/C16H21N5O2/c1-3-20(10-14-7-5-4-6-8-14)15(22)9-18-16(23)13(2)21-12-17-11-19-21/h4-8,11-13H,3,9-10H2,1-2H3,(H,18,23)/t13-/m1/s1. The zero-order chi connectivity index (χ0) is 16.7. The van der Waals surface area contributed by atoms with Gasteiger partial charge in [-0.2, -0.15) is 5.10 Å². The minimum Gasteiger partial charge on any atom is -0.345 e. The van der Waals surface area contributed by atoms with Crippen LogP contribution in [0.4, 0.5) is 0 Å². The lowest BCUT2D eigenvalue weighted by Gasteiger charge is -2.21. The van der Waals surface area contributed by atoms with Crippen LogP contribution in [0.2, 0.25) is 0 Å². The Bertz CT molecular complexity index is 627. The summed E-state index contributed by atoms with van der Waals surface area (Å²) in [7, 11) is 0. The Balaban J connectivity index is 1.86. The van der Waals surface area contributed by atoms with Crippen molar-refractivity contribution in [1.29, 1.82) is 0 Å². The molecule has 1 heterocycles. The molecule has 2 aromatic rings. The molecule has 2 amide bonds. The summed E-state index contributed by atoms with van der Waals surface area (Å²) in [5.41, 5.74) is 1.06. The molecule has 0 aliphatic rings. The Kier molecular flexibility index (Phi) is 5.85. The summed E-state index contributed by atoms with van der Waals surface area (Å²) in [5.74, 6) is -0.380. The predicted molar refractivity (Wildman–Crippen MR) is 85.3 cm³/mol. The highest BCUT2D eigenvalue weighted by Gasteiger charge is 2.18. The molecule has 0 radical (unpaired) electrons. The summed E-state index contributed by atoms with van der Waals surface area (Å²) >= 11 is 0.